The summed E-state index contributed by atoms with van der Waals surface area (Å²) in [5, 5.41) is 20.5. The van der Waals surface area contributed by atoms with Crippen LogP contribution in [0.1, 0.15) is 67.7 Å². The first-order valence-electron chi connectivity index (χ1n) is 24.9. The Morgan fingerprint density at radius 2 is 1.04 bits per heavy atom. The third-order valence-electron chi connectivity index (χ3n) is 11.6. The SMILES string of the molecule is CCC1C=NN(C(=NS(=O)(=O)c2ccccc2Cl)N(CC)CC)C1.CCC1C=NN(C(=O)NS(=O)(=O)c2ccccc2Cl)C1.CCC1C=NN(C(Cl)=NS(=O)(=O)c2ccccc2Cl)C1.CCNCC.CN1CC[N+](C)=C1Cl.Cl. The number of nitrogens with one attached hydrogen (secondary N) is 2. The Balaban J connectivity index is 0.000000357. The molecular weight excluding hydrogens is 1190 g/mol. The molecular formula is C49H72Cl6N13O7S3+. The number of likely N-dealkylation sites (N-methyl/N-ethyl adjacent to an activating group) is 2. The number of hydrazone groups is 3. The average molecular weight is 1260 g/mol. The van der Waals surface area contributed by atoms with E-state index in [4.69, 9.17) is 58.0 Å². The van der Waals surface area contributed by atoms with Gasteiger partial charge in [0.25, 0.3) is 30.1 Å². The first kappa shape index (κ1) is 69.8. The number of amides is 2. The van der Waals surface area contributed by atoms with Gasteiger partial charge >= 0.3 is 11.3 Å². The van der Waals surface area contributed by atoms with Crippen molar-refractivity contribution in [3.8, 4) is 0 Å². The number of guanidine groups is 1. The van der Waals surface area contributed by atoms with Gasteiger partial charge in [-0.3, -0.25) is 9.48 Å². The summed E-state index contributed by atoms with van der Waals surface area (Å²) in [6.45, 7) is 21.3. The number of hydrogen-bond donors (Lipinski definition) is 2. The Labute approximate surface area is 492 Å². The molecule has 0 aromatic heterocycles. The maximum absolute atomic E-state index is 12.7. The Bertz CT molecular complexity index is 2950. The zero-order valence-corrected chi connectivity index (χ0v) is 52.2. The highest BCUT2D eigenvalue weighted by atomic mass is 35.5. The third-order valence-corrected chi connectivity index (χ3v) is 17.9. The summed E-state index contributed by atoms with van der Waals surface area (Å²) in [6, 6.07) is 17.6. The van der Waals surface area contributed by atoms with Gasteiger partial charge in [0.1, 0.15) is 27.8 Å². The summed E-state index contributed by atoms with van der Waals surface area (Å²) in [5.41, 5.74) is 0. The van der Waals surface area contributed by atoms with E-state index in [0.29, 0.717) is 44.6 Å². The molecule has 3 unspecified atom stereocenters. The van der Waals surface area contributed by atoms with Gasteiger partial charge in [-0.25, -0.2) is 33.0 Å². The van der Waals surface area contributed by atoms with Crippen molar-refractivity contribution < 1.29 is 34.6 Å². The second kappa shape index (κ2) is 34.1. The lowest BCUT2D eigenvalue weighted by molar-refractivity contribution is -0.484. The first-order valence-corrected chi connectivity index (χ1v) is 31.2. The van der Waals surface area contributed by atoms with E-state index in [1.54, 1.807) is 53.8 Å². The third kappa shape index (κ3) is 21.3. The van der Waals surface area contributed by atoms with Crippen molar-refractivity contribution in [3.63, 3.8) is 0 Å². The molecule has 0 bridgehead atoms. The number of benzene rings is 3. The molecule has 0 saturated carbocycles. The van der Waals surface area contributed by atoms with Crippen LogP contribution in [-0.2, 0) is 30.1 Å². The lowest BCUT2D eigenvalue weighted by Gasteiger charge is -2.28. The molecule has 3 atom stereocenters. The average Bonchev–Trinajstić information content (AvgIpc) is 4.25. The maximum atomic E-state index is 12.7. The molecule has 20 nitrogen and oxygen atoms in total. The van der Waals surface area contributed by atoms with Crippen molar-refractivity contribution in [1.29, 1.82) is 0 Å². The Hall–Kier alpha value is -4.30. The Kier molecular flexibility index (Phi) is 30.5. The summed E-state index contributed by atoms with van der Waals surface area (Å²) in [5.74, 6) is 1.05. The van der Waals surface area contributed by atoms with Crippen molar-refractivity contribution in [1.82, 2.24) is 34.9 Å². The number of sulfonamides is 3. The van der Waals surface area contributed by atoms with E-state index in [0.717, 1.165) is 55.7 Å². The molecule has 7 rings (SSSR count). The molecule has 4 aliphatic heterocycles. The number of amidine groups is 2. The number of hydrogen-bond acceptors (Lipinski definition) is 12. The molecule has 3 aromatic carbocycles. The summed E-state index contributed by atoms with van der Waals surface area (Å²) in [7, 11) is -7.88. The summed E-state index contributed by atoms with van der Waals surface area (Å²) in [6.07, 6.45) is 7.91. The standard InChI is InChI=1S/C16H23ClN4O2S.C12H13Cl2N3O2S.C12H14ClN3O3S.C5H10ClN2.C4H11N.ClH/c1-4-13-11-18-21(12-13)16(20(5-2)6-3)19-24(22,23)15-10-8-7-9-14(15)17;1-2-9-7-15-17(8-9)12(14)16-20(18,19)11-6-4-3-5-10(11)13;1-2-9-7-14-16(8-9)12(17)15-20(18,19)11-6-4-3-5-10(11)13;1-7-3-4-8(2)5(7)6;1-3-5-4-2;/h7-11,13H,4-6,12H2,1-3H3;3-7,9H,2,8H2,1H3;3-7,9H,2,8H2,1H3,(H,15,17);3-4H2,1-2H3;5H,3-4H2,1-2H3;1H/q;;;+1;;. The van der Waals surface area contributed by atoms with Gasteiger partial charge in [0.2, 0.25) is 11.3 Å². The number of halogens is 6. The normalized spacial score (nSPS) is 18.0. The number of nitrogens with zero attached hydrogens (tertiary/aromatic N) is 11. The van der Waals surface area contributed by atoms with Crippen molar-refractivity contribution in [2.75, 3.05) is 73.0 Å². The van der Waals surface area contributed by atoms with Crippen LogP contribution in [0.3, 0.4) is 0 Å². The lowest BCUT2D eigenvalue weighted by Crippen LogP contribution is -2.42. The van der Waals surface area contributed by atoms with Crippen LogP contribution in [0.25, 0.3) is 0 Å². The van der Waals surface area contributed by atoms with Crippen LogP contribution in [0.4, 0.5) is 4.79 Å². The van der Waals surface area contributed by atoms with Crippen molar-refractivity contribution >= 4 is 142 Å². The maximum Gasteiger partial charge on any atom is 0.351 e. The summed E-state index contributed by atoms with van der Waals surface area (Å²) in [4.78, 5) is 15.6. The van der Waals surface area contributed by atoms with Gasteiger partial charge in [-0.15, -0.1) is 21.2 Å². The predicted octanol–water partition coefficient (Wildman–Crippen LogP) is 9.28. The van der Waals surface area contributed by atoms with Crippen LogP contribution in [0, 0.1) is 17.8 Å². The fourth-order valence-electron chi connectivity index (χ4n) is 6.91. The molecule has 4 aliphatic rings. The van der Waals surface area contributed by atoms with E-state index in [-0.39, 0.29) is 59.3 Å². The number of carbonyl (C=O) groups is 1. The van der Waals surface area contributed by atoms with Gasteiger partial charge in [-0.2, -0.15) is 32.1 Å². The highest BCUT2D eigenvalue weighted by Gasteiger charge is 2.30. The molecule has 0 spiro atoms. The molecule has 3 aromatic rings. The molecule has 434 valence electrons. The molecule has 0 saturated heterocycles. The minimum atomic E-state index is -4.00. The van der Waals surface area contributed by atoms with Crippen molar-refractivity contribution in [3.05, 3.63) is 87.9 Å². The van der Waals surface area contributed by atoms with Crippen LogP contribution in [0.5, 0.6) is 0 Å². The van der Waals surface area contributed by atoms with E-state index in [1.807, 2.05) is 67.1 Å². The van der Waals surface area contributed by atoms with Gasteiger partial charge in [0.05, 0.1) is 48.8 Å². The predicted molar refractivity (Wildman–Crippen MR) is 321 cm³/mol. The van der Waals surface area contributed by atoms with E-state index in [2.05, 4.69) is 50.2 Å². The monoisotopic (exact) mass is 1260 g/mol. The van der Waals surface area contributed by atoms with Crippen LogP contribution in [-0.4, -0.2) is 169 Å². The minimum Gasteiger partial charge on any atom is -0.341 e. The molecule has 0 fully saturated rings. The zero-order chi connectivity index (χ0) is 57.5. The topological polar surface area (TPSA) is 225 Å². The highest BCUT2D eigenvalue weighted by molar-refractivity contribution is 7.91. The van der Waals surface area contributed by atoms with Gasteiger partial charge in [-0.05, 0) is 94.2 Å². The van der Waals surface area contributed by atoms with Crippen LogP contribution < -0.4 is 10.0 Å². The quantitative estimate of drug-likeness (QED) is 0.0707. The molecule has 0 aliphatic carbocycles. The van der Waals surface area contributed by atoms with E-state index in [1.165, 1.54) is 41.4 Å². The van der Waals surface area contributed by atoms with Gasteiger partial charge < -0.3 is 10.2 Å². The number of rotatable bonds is 13. The van der Waals surface area contributed by atoms with E-state index in [9.17, 15) is 30.0 Å². The van der Waals surface area contributed by atoms with Gasteiger partial charge in [0, 0.05) is 61.1 Å². The fourth-order valence-corrected chi connectivity index (χ4v) is 11.8. The minimum absolute atomic E-state index is 0. The fraction of sp³-hybridized carbons (Fsp3) is 0.490. The second-order valence-electron chi connectivity index (χ2n) is 17.2. The summed E-state index contributed by atoms with van der Waals surface area (Å²) < 4.78 is 85.5. The molecule has 0 radical (unpaired) electrons. The Morgan fingerprint density at radius 3 is 1.40 bits per heavy atom. The number of carbonyl (C=O) groups excluding carboxylic acids is 1. The molecule has 2 N–H and O–H groups in total. The molecule has 4 heterocycles. The highest BCUT2D eigenvalue weighted by Crippen LogP contribution is 2.26. The smallest absolute Gasteiger partial charge is 0.341 e. The van der Waals surface area contributed by atoms with Crippen molar-refractivity contribution in [2.24, 2.45) is 41.9 Å². The lowest BCUT2D eigenvalue weighted by atomic mass is 10.1. The van der Waals surface area contributed by atoms with Crippen LogP contribution >= 0.6 is 70.4 Å². The van der Waals surface area contributed by atoms with Crippen molar-refractivity contribution in [2.45, 2.75) is 82.4 Å². The number of urea groups is 1. The van der Waals surface area contributed by atoms with Crippen LogP contribution in [0.2, 0.25) is 15.1 Å². The van der Waals surface area contributed by atoms with Gasteiger partial charge in [-0.1, -0.05) is 106 Å². The van der Waals surface area contributed by atoms with E-state index < -0.39 is 36.1 Å². The molecule has 29 heteroatoms. The summed E-state index contributed by atoms with van der Waals surface area (Å²) >= 11 is 29.4. The van der Waals surface area contributed by atoms with E-state index >= 15 is 0 Å². The molecule has 2 amide bonds. The van der Waals surface area contributed by atoms with Crippen LogP contribution in [0.15, 0.2) is 112 Å². The Morgan fingerprint density at radius 1 is 0.641 bits per heavy atom. The largest absolute Gasteiger partial charge is 0.351 e. The first-order chi connectivity index (χ1) is 36.4. The zero-order valence-electron chi connectivity index (χ0n) is 45.2. The second-order valence-corrected chi connectivity index (χ2v) is 23.9. The van der Waals surface area contributed by atoms with Gasteiger partial charge in [0.15, 0.2) is 0 Å². The molecule has 78 heavy (non-hydrogen) atoms.